The molecule has 3 N–H and O–H groups in total. The van der Waals surface area contributed by atoms with Crippen LogP contribution in [0.25, 0.3) is 11.0 Å². The molecular weight excluding hydrogens is 280 g/mol. The zero-order chi connectivity index (χ0) is 15.7. The number of nitrogens with zero attached hydrogens (tertiary/aromatic N) is 3. The number of H-pyrrole nitrogens is 2. The Labute approximate surface area is 127 Å². The molecule has 0 fully saturated rings. The van der Waals surface area contributed by atoms with Crippen LogP contribution in [0.15, 0.2) is 18.2 Å². The lowest BCUT2D eigenvalue weighted by Gasteiger charge is -2.12. The number of carbonyl (C=O) groups excluding carboxylic acids is 1. The Morgan fingerprint density at radius 1 is 1.23 bits per heavy atom. The predicted octanol–water partition coefficient (Wildman–Crippen LogP) is 2.12. The van der Waals surface area contributed by atoms with Crippen LogP contribution in [0, 0.1) is 19.8 Å². The number of carbonyl (C=O) groups is 1. The zero-order valence-electron chi connectivity index (χ0n) is 12.8. The maximum absolute atomic E-state index is 12.4. The number of hydrogen-bond acceptors (Lipinski definition) is 4. The van der Waals surface area contributed by atoms with Gasteiger partial charge in [0.1, 0.15) is 11.0 Å². The first kappa shape index (κ1) is 14.2. The standard InChI is InChI=1S/C15H18N6O/c1-8(6-12-9(2)17-18-10(12)3)15(22)16-11-4-5-13-14(7-11)20-21-19-13/h4-5,7-8H,6H2,1-3H3,(H,16,22)(H,17,18)(H,19,20,21). The molecular formula is C15H18N6O. The first-order chi connectivity index (χ1) is 10.5. The van der Waals surface area contributed by atoms with Crippen LogP contribution in [0.5, 0.6) is 0 Å². The van der Waals surface area contributed by atoms with E-state index in [-0.39, 0.29) is 11.8 Å². The fourth-order valence-electron chi connectivity index (χ4n) is 2.46. The number of anilines is 1. The molecule has 3 aromatic rings. The van der Waals surface area contributed by atoms with Gasteiger partial charge in [-0.05, 0) is 44.0 Å². The van der Waals surface area contributed by atoms with E-state index < -0.39 is 0 Å². The van der Waals surface area contributed by atoms with Gasteiger partial charge in [0.2, 0.25) is 5.91 Å². The van der Waals surface area contributed by atoms with Gasteiger partial charge in [-0.1, -0.05) is 6.92 Å². The van der Waals surface area contributed by atoms with Crippen LogP contribution in [0.4, 0.5) is 5.69 Å². The minimum Gasteiger partial charge on any atom is -0.326 e. The third kappa shape index (κ3) is 2.69. The zero-order valence-corrected chi connectivity index (χ0v) is 12.8. The number of aromatic amines is 2. The monoisotopic (exact) mass is 298 g/mol. The maximum atomic E-state index is 12.4. The number of amides is 1. The lowest BCUT2D eigenvalue weighted by Crippen LogP contribution is -2.22. The summed E-state index contributed by atoms with van der Waals surface area (Å²) < 4.78 is 0. The highest BCUT2D eigenvalue weighted by atomic mass is 16.1. The molecule has 1 aromatic carbocycles. The molecule has 0 bridgehead atoms. The topological polar surface area (TPSA) is 99.4 Å². The molecule has 0 aliphatic carbocycles. The number of nitrogens with one attached hydrogen (secondary N) is 3. The summed E-state index contributed by atoms with van der Waals surface area (Å²) in [4.78, 5) is 12.4. The van der Waals surface area contributed by atoms with Crippen molar-refractivity contribution >= 4 is 22.6 Å². The second-order valence-corrected chi connectivity index (χ2v) is 5.53. The minimum atomic E-state index is -0.150. The molecule has 1 unspecified atom stereocenters. The quantitative estimate of drug-likeness (QED) is 0.687. The summed E-state index contributed by atoms with van der Waals surface area (Å²) in [5.74, 6) is -0.175. The van der Waals surface area contributed by atoms with E-state index in [1.165, 1.54) is 0 Å². The average molecular weight is 298 g/mol. The van der Waals surface area contributed by atoms with E-state index in [1.54, 1.807) is 6.07 Å². The highest BCUT2D eigenvalue weighted by Crippen LogP contribution is 2.18. The Balaban J connectivity index is 1.70. The molecule has 0 aliphatic heterocycles. The fraction of sp³-hybridized carbons (Fsp3) is 0.333. The second-order valence-electron chi connectivity index (χ2n) is 5.53. The Morgan fingerprint density at radius 2 is 2.00 bits per heavy atom. The summed E-state index contributed by atoms with van der Waals surface area (Å²) in [6.07, 6.45) is 0.659. The van der Waals surface area contributed by atoms with Crippen molar-refractivity contribution in [3.05, 3.63) is 35.2 Å². The molecule has 3 rings (SSSR count). The Kier molecular flexibility index (Phi) is 3.62. The Hall–Kier alpha value is -2.70. The van der Waals surface area contributed by atoms with E-state index in [1.807, 2.05) is 32.9 Å². The van der Waals surface area contributed by atoms with E-state index in [2.05, 4.69) is 30.9 Å². The normalized spacial score (nSPS) is 12.5. The van der Waals surface area contributed by atoms with Gasteiger partial charge in [-0.2, -0.15) is 20.5 Å². The maximum Gasteiger partial charge on any atom is 0.227 e. The van der Waals surface area contributed by atoms with Crippen LogP contribution < -0.4 is 5.32 Å². The molecule has 0 spiro atoms. The molecule has 0 saturated carbocycles. The van der Waals surface area contributed by atoms with Crippen LogP contribution in [-0.4, -0.2) is 31.5 Å². The number of benzene rings is 1. The molecule has 2 aromatic heterocycles. The molecule has 1 amide bonds. The van der Waals surface area contributed by atoms with Crippen molar-refractivity contribution in [3.63, 3.8) is 0 Å². The highest BCUT2D eigenvalue weighted by molar-refractivity contribution is 5.94. The molecule has 0 saturated heterocycles. The first-order valence-electron chi connectivity index (χ1n) is 7.16. The molecule has 22 heavy (non-hydrogen) atoms. The first-order valence-corrected chi connectivity index (χ1v) is 7.16. The van der Waals surface area contributed by atoms with Crippen molar-refractivity contribution in [2.75, 3.05) is 5.32 Å². The van der Waals surface area contributed by atoms with Gasteiger partial charge in [-0.15, -0.1) is 0 Å². The van der Waals surface area contributed by atoms with Gasteiger partial charge in [0, 0.05) is 17.3 Å². The summed E-state index contributed by atoms with van der Waals surface area (Å²) in [6.45, 7) is 5.83. The van der Waals surface area contributed by atoms with E-state index in [0.29, 0.717) is 6.42 Å². The molecule has 0 radical (unpaired) electrons. The molecule has 114 valence electrons. The van der Waals surface area contributed by atoms with Gasteiger partial charge in [0.05, 0.1) is 5.69 Å². The van der Waals surface area contributed by atoms with Crippen molar-refractivity contribution in [3.8, 4) is 0 Å². The van der Waals surface area contributed by atoms with Gasteiger partial charge >= 0.3 is 0 Å². The summed E-state index contributed by atoms with van der Waals surface area (Å²) in [7, 11) is 0. The SMILES string of the molecule is Cc1n[nH]c(C)c1CC(C)C(=O)Nc1ccc2n[nH]nc2c1. The number of hydrogen-bond donors (Lipinski definition) is 3. The third-order valence-electron chi connectivity index (χ3n) is 3.82. The summed E-state index contributed by atoms with van der Waals surface area (Å²) in [6, 6.07) is 5.45. The van der Waals surface area contributed by atoms with Gasteiger partial charge in [0.25, 0.3) is 0 Å². The van der Waals surface area contributed by atoms with Gasteiger partial charge in [-0.3, -0.25) is 9.89 Å². The van der Waals surface area contributed by atoms with Crippen LogP contribution in [0.1, 0.15) is 23.9 Å². The van der Waals surface area contributed by atoms with Crippen molar-refractivity contribution in [1.82, 2.24) is 25.6 Å². The Morgan fingerprint density at radius 3 is 2.73 bits per heavy atom. The summed E-state index contributed by atoms with van der Waals surface area (Å²) in [5, 5.41) is 20.6. The molecule has 7 nitrogen and oxygen atoms in total. The summed E-state index contributed by atoms with van der Waals surface area (Å²) in [5.41, 5.74) is 5.29. The second kappa shape index (κ2) is 5.59. The molecule has 0 aliphatic rings. The van der Waals surface area contributed by atoms with Crippen LogP contribution >= 0.6 is 0 Å². The summed E-state index contributed by atoms with van der Waals surface area (Å²) >= 11 is 0. The van der Waals surface area contributed by atoms with E-state index in [4.69, 9.17) is 0 Å². The number of rotatable bonds is 4. The van der Waals surface area contributed by atoms with Gasteiger partial charge in [-0.25, -0.2) is 0 Å². The predicted molar refractivity (Wildman–Crippen MR) is 83.4 cm³/mol. The molecule has 1 atom stereocenters. The van der Waals surface area contributed by atoms with Crippen LogP contribution in [0.3, 0.4) is 0 Å². The molecule has 2 heterocycles. The largest absolute Gasteiger partial charge is 0.326 e. The van der Waals surface area contributed by atoms with Gasteiger partial charge in [0.15, 0.2) is 0 Å². The molecule has 7 heteroatoms. The lowest BCUT2D eigenvalue weighted by molar-refractivity contribution is -0.119. The van der Waals surface area contributed by atoms with Crippen molar-refractivity contribution in [2.45, 2.75) is 27.2 Å². The minimum absolute atomic E-state index is 0.0251. The third-order valence-corrected chi connectivity index (χ3v) is 3.82. The van der Waals surface area contributed by atoms with Crippen molar-refractivity contribution in [2.24, 2.45) is 5.92 Å². The van der Waals surface area contributed by atoms with Crippen molar-refractivity contribution in [1.29, 1.82) is 0 Å². The van der Waals surface area contributed by atoms with Crippen molar-refractivity contribution < 1.29 is 4.79 Å². The van der Waals surface area contributed by atoms with Crippen LogP contribution in [-0.2, 0) is 11.2 Å². The van der Waals surface area contributed by atoms with E-state index in [0.717, 1.165) is 33.7 Å². The number of fused-ring (bicyclic) bond motifs is 1. The van der Waals surface area contributed by atoms with Gasteiger partial charge < -0.3 is 5.32 Å². The van der Waals surface area contributed by atoms with Crippen LogP contribution in [0.2, 0.25) is 0 Å². The smallest absolute Gasteiger partial charge is 0.227 e. The van der Waals surface area contributed by atoms with E-state index in [9.17, 15) is 4.79 Å². The lowest BCUT2D eigenvalue weighted by atomic mass is 9.99. The fourth-order valence-corrected chi connectivity index (χ4v) is 2.46. The van der Waals surface area contributed by atoms with E-state index >= 15 is 0 Å². The highest BCUT2D eigenvalue weighted by Gasteiger charge is 2.17. The number of aromatic nitrogens is 5. The average Bonchev–Trinajstić information content (AvgIpc) is 3.08. The Bertz CT molecular complexity index is 799. The number of aryl methyl sites for hydroxylation is 2.